The molecule has 1 amide bonds. The first kappa shape index (κ1) is 17.2. The highest BCUT2D eigenvalue weighted by Crippen LogP contribution is 2.17. The van der Waals surface area contributed by atoms with Crippen LogP contribution in [0.2, 0.25) is 0 Å². The number of aromatic nitrogens is 3. The fourth-order valence-electron chi connectivity index (χ4n) is 2.45. The molecule has 0 aliphatic rings. The lowest BCUT2D eigenvalue weighted by molar-refractivity contribution is -0.123. The Morgan fingerprint density at radius 2 is 2.04 bits per heavy atom. The van der Waals surface area contributed by atoms with Crippen LogP contribution in [0.4, 0.5) is 0 Å². The molecule has 1 N–H and O–H groups in total. The van der Waals surface area contributed by atoms with Gasteiger partial charge in [0.15, 0.2) is 6.61 Å². The molecule has 0 fully saturated rings. The summed E-state index contributed by atoms with van der Waals surface area (Å²) in [7, 11) is 0. The quantitative estimate of drug-likeness (QED) is 0.739. The maximum atomic E-state index is 12.1. The molecule has 1 atom stereocenters. The molecule has 1 aromatic heterocycles. The number of ether oxygens (including phenoxy) is 1. The fourth-order valence-corrected chi connectivity index (χ4v) is 2.45. The molecule has 130 valence electrons. The Hall–Kier alpha value is -3.66. The van der Waals surface area contributed by atoms with Crippen LogP contribution in [-0.2, 0) is 4.79 Å². The highest BCUT2D eigenvalue weighted by molar-refractivity contribution is 5.78. The lowest BCUT2D eigenvalue weighted by atomic mass is 10.1. The third kappa shape index (κ3) is 4.05. The van der Waals surface area contributed by atoms with Gasteiger partial charge in [0.25, 0.3) is 5.91 Å². The third-order valence-electron chi connectivity index (χ3n) is 3.82. The second kappa shape index (κ2) is 7.94. The van der Waals surface area contributed by atoms with Gasteiger partial charge in [-0.05, 0) is 36.8 Å². The van der Waals surface area contributed by atoms with E-state index in [1.165, 1.54) is 6.33 Å². The summed E-state index contributed by atoms with van der Waals surface area (Å²) >= 11 is 0. The molecule has 7 heteroatoms. The van der Waals surface area contributed by atoms with E-state index in [0.717, 1.165) is 11.3 Å². The van der Waals surface area contributed by atoms with Gasteiger partial charge in [0.1, 0.15) is 24.5 Å². The highest BCUT2D eigenvalue weighted by atomic mass is 16.5. The molecule has 2 aromatic carbocycles. The smallest absolute Gasteiger partial charge is 0.258 e. The number of hydrogen-bond acceptors (Lipinski definition) is 5. The van der Waals surface area contributed by atoms with Crippen molar-refractivity contribution in [2.45, 2.75) is 13.0 Å². The van der Waals surface area contributed by atoms with Gasteiger partial charge >= 0.3 is 0 Å². The fraction of sp³-hybridized carbons (Fsp3) is 0.158. The van der Waals surface area contributed by atoms with E-state index in [4.69, 9.17) is 10.00 Å². The zero-order valence-electron chi connectivity index (χ0n) is 14.2. The van der Waals surface area contributed by atoms with Crippen LogP contribution in [0.25, 0.3) is 5.69 Å². The average molecular weight is 347 g/mol. The molecule has 0 bridgehead atoms. The van der Waals surface area contributed by atoms with Crippen molar-refractivity contribution in [1.82, 2.24) is 20.1 Å². The molecule has 0 saturated carbocycles. The van der Waals surface area contributed by atoms with Crippen LogP contribution in [0.1, 0.15) is 24.1 Å². The van der Waals surface area contributed by atoms with Gasteiger partial charge in [-0.25, -0.2) is 9.67 Å². The van der Waals surface area contributed by atoms with Gasteiger partial charge in [-0.15, -0.1) is 0 Å². The molecule has 0 aliphatic heterocycles. The summed E-state index contributed by atoms with van der Waals surface area (Å²) in [6, 6.07) is 16.3. The zero-order chi connectivity index (χ0) is 18.4. The molecule has 0 spiro atoms. The molecule has 3 aromatic rings. The van der Waals surface area contributed by atoms with Crippen LogP contribution >= 0.6 is 0 Å². The standard InChI is InChI=1S/C19H17N5O2/c1-14(15-6-8-17(9-7-15)24-13-21-12-22-24)23-19(25)11-26-18-5-3-2-4-16(18)10-20/h2-9,12-14H,11H2,1H3,(H,23,25)/t14-/m0/s1. The first-order valence-corrected chi connectivity index (χ1v) is 8.03. The number of nitrogens with one attached hydrogen (secondary N) is 1. The van der Waals surface area contributed by atoms with E-state index >= 15 is 0 Å². The third-order valence-corrected chi connectivity index (χ3v) is 3.82. The van der Waals surface area contributed by atoms with Crippen molar-refractivity contribution in [3.8, 4) is 17.5 Å². The first-order valence-electron chi connectivity index (χ1n) is 8.03. The van der Waals surface area contributed by atoms with Crippen LogP contribution in [0.5, 0.6) is 5.75 Å². The molecule has 0 aliphatic carbocycles. The van der Waals surface area contributed by atoms with Crippen molar-refractivity contribution in [2.75, 3.05) is 6.61 Å². The van der Waals surface area contributed by atoms with E-state index in [0.29, 0.717) is 11.3 Å². The van der Waals surface area contributed by atoms with E-state index in [1.807, 2.05) is 37.3 Å². The number of para-hydroxylation sites is 1. The monoisotopic (exact) mass is 347 g/mol. The van der Waals surface area contributed by atoms with E-state index in [1.54, 1.807) is 35.3 Å². The Morgan fingerprint density at radius 1 is 1.27 bits per heavy atom. The van der Waals surface area contributed by atoms with Gasteiger partial charge in [-0.3, -0.25) is 4.79 Å². The first-order chi connectivity index (χ1) is 12.7. The second-order valence-corrected chi connectivity index (χ2v) is 5.62. The summed E-state index contributed by atoms with van der Waals surface area (Å²) in [6.45, 7) is 1.74. The summed E-state index contributed by atoms with van der Waals surface area (Å²) in [5.41, 5.74) is 2.25. The van der Waals surface area contributed by atoms with Crippen LogP contribution in [0.15, 0.2) is 61.2 Å². The lowest BCUT2D eigenvalue weighted by Gasteiger charge is -2.15. The van der Waals surface area contributed by atoms with Gasteiger partial charge in [0, 0.05) is 0 Å². The van der Waals surface area contributed by atoms with Crippen molar-refractivity contribution >= 4 is 5.91 Å². The summed E-state index contributed by atoms with van der Waals surface area (Å²) in [6.07, 6.45) is 3.10. The SMILES string of the molecule is C[C@H](NC(=O)COc1ccccc1C#N)c1ccc(-n2cncn2)cc1. The second-order valence-electron chi connectivity index (χ2n) is 5.62. The van der Waals surface area contributed by atoms with Gasteiger partial charge in [0.2, 0.25) is 0 Å². The number of nitriles is 1. The number of amides is 1. The molecular weight excluding hydrogens is 330 g/mol. The van der Waals surface area contributed by atoms with Gasteiger partial charge in [-0.2, -0.15) is 10.4 Å². The predicted octanol–water partition coefficient (Wildman–Crippen LogP) is 2.40. The number of hydrogen-bond donors (Lipinski definition) is 1. The largest absolute Gasteiger partial charge is 0.482 e. The Bertz CT molecular complexity index is 914. The average Bonchev–Trinajstić information content (AvgIpc) is 3.21. The summed E-state index contributed by atoms with van der Waals surface area (Å²) in [4.78, 5) is 16.0. The molecule has 7 nitrogen and oxygen atoms in total. The van der Waals surface area contributed by atoms with Crippen molar-refractivity contribution in [3.63, 3.8) is 0 Å². The predicted molar refractivity (Wildman–Crippen MR) is 94.6 cm³/mol. The van der Waals surface area contributed by atoms with Crippen molar-refractivity contribution < 1.29 is 9.53 Å². The minimum atomic E-state index is -0.259. The summed E-state index contributed by atoms with van der Waals surface area (Å²) in [5, 5.41) is 16.0. The zero-order valence-corrected chi connectivity index (χ0v) is 14.2. The number of benzene rings is 2. The van der Waals surface area contributed by atoms with Gasteiger partial charge < -0.3 is 10.1 Å². The topological polar surface area (TPSA) is 92.8 Å². The van der Waals surface area contributed by atoms with Crippen LogP contribution in [-0.4, -0.2) is 27.3 Å². The van der Waals surface area contributed by atoms with E-state index in [9.17, 15) is 4.79 Å². The van der Waals surface area contributed by atoms with E-state index in [2.05, 4.69) is 15.4 Å². The van der Waals surface area contributed by atoms with Gasteiger partial charge in [-0.1, -0.05) is 24.3 Å². The lowest BCUT2D eigenvalue weighted by Crippen LogP contribution is -2.31. The van der Waals surface area contributed by atoms with Crippen LogP contribution in [0.3, 0.4) is 0 Å². The van der Waals surface area contributed by atoms with E-state index in [-0.39, 0.29) is 18.6 Å². The number of carbonyl (C=O) groups is 1. The Balaban J connectivity index is 1.56. The number of rotatable bonds is 6. The molecule has 0 saturated heterocycles. The number of nitrogens with zero attached hydrogens (tertiary/aromatic N) is 4. The van der Waals surface area contributed by atoms with Crippen molar-refractivity contribution in [3.05, 3.63) is 72.3 Å². The van der Waals surface area contributed by atoms with E-state index < -0.39 is 0 Å². The molecule has 3 rings (SSSR count). The minimum Gasteiger partial charge on any atom is -0.482 e. The maximum Gasteiger partial charge on any atom is 0.258 e. The molecule has 0 unspecified atom stereocenters. The maximum absolute atomic E-state index is 12.1. The Kier molecular flexibility index (Phi) is 5.25. The Labute approximate surface area is 150 Å². The molecule has 1 heterocycles. The minimum absolute atomic E-state index is 0.153. The normalized spacial score (nSPS) is 11.4. The Morgan fingerprint density at radius 3 is 2.73 bits per heavy atom. The highest BCUT2D eigenvalue weighted by Gasteiger charge is 2.11. The van der Waals surface area contributed by atoms with Gasteiger partial charge in [0.05, 0.1) is 17.3 Å². The van der Waals surface area contributed by atoms with Crippen molar-refractivity contribution in [1.29, 1.82) is 5.26 Å². The number of carbonyl (C=O) groups excluding carboxylic acids is 1. The molecular formula is C19H17N5O2. The molecule has 0 radical (unpaired) electrons. The molecule has 26 heavy (non-hydrogen) atoms. The van der Waals surface area contributed by atoms with Crippen molar-refractivity contribution in [2.24, 2.45) is 0 Å². The van der Waals surface area contributed by atoms with Crippen LogP contribution < -0.4 is 10.1 Å². The summed E-state index contributed by atoms with van der Waals surface area (Å²) in [5.74, 6) is 0.139. The van der Waals surface area contributed by atoms with Crippen LogP contribution in [0, 0.1) is 11.3 Å². The summed E-state index contributed by atoms with van der Waals surface area (Å²) < 4.78 is 7.10.